The smallest absolute Gasteiger partial charge is 0.166 e. The number of hydrogen-bond acceptors (Lipinski definition) is 3. The van der Waals surface area contributed by atoms with Crippen molar-refractivity contribution in [1.29, 1.82) is 0 Å². The van der Waals surface area contributed by atoms with E-state index in [1.807, 2.05) is 55.8 Å². The predicted octanol–water partition coefficient (Wildman–Crippen LogP) is 3.15. The molecule has 0 radical (unpaired) electrons. The minimum Gasteiger partial charge on any atom is -0.241 e. The number of hydrogen-bond donors (Lipinski definition) is 0. The van der Waals surface area contributed by atoms with Gasteiger partial charge in [0.1, 0.15) is 6.33 Å². The zero-order valence-electron chi connectivity index (χ0n) is 10.8. The molecule has 2 aromatic heterocycles. The number of benzene rings is 1. The van der Waals surface area contributed by atoms with E-state index in [1.165, 1.54) is 0 Å². The summed E-state index contributed by atoms with van der Waals surface area (Å²) in [6.45, 7) is 5.96. The highest BCUT2D eigenvalue weighted by Gasteiger charge is 2.07. The normalized spacial score (nSPS) is 9.94. The van der Waals surface area contributed by atoms with Gasteiger partial charge in [-0.2, -0.15) is 5.10 Å². The van der Waals surface area contributed by atoms with Gasteiger partial charge in [0.2, 0.25) is 0 Å². The fraction of sp³-hybridized carbons (Fsp3) is 0.214. The quantitative estimate of drug-likeness (QED) is 0.656. The topological polar surface area (TPSA) is 43.6 Å². The highest BCUT2D eigenvalue weighted by Crippen LogP contribution is 2.17. The van der Waals surface area contributed by atoms with Crippen molar-refractivity contribution in [2.75, 3.05) is 0 Å². The molecule has 1 aromatic carbocycles. The molecule has 3 aromatic rings. The summed E-state index contributed by atoms with van der Waals surface area (Å²) < 4.78 is 1.82. The molecule has 4 nitrogen and oxygen atoms in total. The van der Waals surface area contributed by atoms with Crippen LogP contribution in [0.2, 0.25) is 0 Å². The van der Waals surface area contributed by atoms with Gasteiger partial charge in [0.25, 0.3) is 0 Å². The summed E-state index contributed by atoms with van der Waals surface area (Å²) in [5, 5.41) is 5.33. The van der Waals surface area contributed by atoms with E-state index in [2.05, 4.69) is 15.1 Å². The van der Waals surface area contributed by atoms with Gasteiger partial charge >= 0.3 is 0 Å². The first-order valence-corrected chi connectivity index (χ1v) is 6.07. The molecular formula is C14H16N4. The Kier molecular flexibility index (Phi) is 3.67. The van der Waals surface area contributed by atoms with Crippen molar-refractivity contribution in [1.82, 2.24) is 19.7 Å². The number of para-hydroxylation sites is 1. The summed E-state index contributed by atoms with van der Waals surface area (Å²) in [6, 6.07) is 9.96. The number of nitrogens with zero attached hydrogens (tertiary/aromatic N) is 4. The van der Waals surface area contributed by atoms with Gasteiger partial charge in [0.05, 0.1) is 23.0 Å². The number of rotatable bonds is 1. The molecule has 4 heteroatoms. The Morgan fingerprint density at radius 1 is 1.00 bits per heavy atom. The summed E-state index contributed by atoms with van der Waals surface area (Å²) in [4.78, 5) is 8.42. The lowest BCUT2D eigenvalue weighted by atomic mass is 10.3. The van der Waals surface area contributed by atoms with E-state index in [0.717, 1.165) is 22.4 Å². The van der Waals surface area contributed by atoms with E-state index in [1.54, 1.807) is 12.5 Å². The van der Waals surface area contributed by atoms with Gasteiger partial charge in [-0.25, -0.2) is 14.6 Å². The Bertz CT molecular complexity index is 629. The van der Waals surface area contributed by atoms with Crippen LogP contribution in [0.15, 0.2) is 42.9 Å². The monoisotopic (exact) mass is 240 g/mol. The van der Waals surface area contributed by atoms with Crippen molar-refractivity contribution < 1.29 is 0 Å². The number of aromatic nitrogens is 4. The maximum Gasteiger partial charge on any atom is 0.166 e. The van der Waals surface area contributed by atoms with Gasteiger partial charge in [0, 0.05) is 0 Å². The van der Waals surface area contributed by atoms with Crippen LogP contribution in [0.4, 0.5) is 0 Å². The molecule has 0 amide bonds. The molecule has 0 saturated carbocycles. The van der Waals surface area contributed by atoms with E-state index in [4.69, 9.17) is 0 Å². The van der Waals surface area contributed by atoms with Crippen LogP contribution in [0.3, 0.4) is 0 Å². The van der Waals surface area contributed by atoms with Gasteiger partial charge in [-0.3, -0.25) is 0 Å². The Labute approximate surface area is 106 Å². The van der Waals surface area contributed by atoms with E-state index in [9.17, 15) is 0 Å². The Morgan fingerprint density at radius 3 is 2.44 bits per heavy atom. The molecule has 0 N–H and O–H groups in total. The Morgan fingerprint density at radius 2 is 1.72 bits per heavy atom. The van der Waals surface area contributed by atoms with Crippen molar-refractivity contribution in [3.05, 3.63) is 48.5 Å². The summed E-state index contributed by atoms with van der Waals surface area (Å²) in [5.74, 6) is 0. The van der Waals surface area contributed by atoms with Crippen molar-refractivity contribution in [2.24, 2.45) is 0 Å². The number of fused-ring (bicyclic) bond motifs is 1. The molecule has 0 saturated heterocycles. The van der Waals surface area contributed by atoms with Gasteiger partial charge < -0.3 is 0 Å². The third-order valence-electron chi connectivity index (χ3n) is 2.57. The minimum absolute atomic E-state index is 0.846. The van der Waals surface area contributed by atoms with Crippen LogP contribution < -0.4 is 0 Å². The second-order valence-corrected chi connectivity index (χ2v) is 3.59. The van der Waals surface area contributed by atoms with Gasteiger partial charge in [-0.1, -0.05) is 32.0 Å². The van der Waals surface area contributed by atoms with Crippen molar-refractivity contribution in [3.8, 4) is 5.69 Å². The van der Waals surface area contributed by atoms with Gasteiger partial charge in [0.15, 0.2) is 5.65 Å². The third-order valence-corrected chi connectivity index (χ3v) is 2.57. The van der Waals surface area contributed by atoms with Crippen LogP contribution >= 0.6 is 0 Å². The zero-order chi connectivity index (χ0) is 13.0. The molecule has 18 heavy (non-hydrogen) atoms. The van der Waals surface area contributed by atoms with E-state index < -0.39 is 0 Å². The predicted molar refractivity (Wildman–Crippen MR) is 72.7 cm³/mol. The summed E-state index contributed by atoms with van der Waals surface area (Å²) in [6.07, 6.45) is 3.37. The molecule has 0 spiro atoms. The average Bonchev–Trinajstić information content (AvgIpc) is 2.87. The molecule has 92 valence electrons. The van der Waals surface area contributed by atoms with E-state index in [0.29, 0.717) is 0 Å². The molecule has 0 unspecified atom stereocenters. The van der Waals surface area contributed by atoms with Gasteiger partial charge in [-0.05, 0) is 19.1 Å². The molecule has 0 aliphatic rings. The maximum absolute atomic E-state index is 4.34. The summed E-state index contributed by atoms with van der Waals surface area (Å²) >= 11 is 0. The second-order valence-electron chi connectivity index (χ2n) is 3.59. The van der Waals surface area contributed by atoms with Crippen molar-refractivity contribution in [3.63, 3.8) is 0 Å². The van der Waals surface area contributed by atoms with Crippen LogP contribution in [0, 0.1) is 6.92 Å². The molecule has 2 heterocycles. The SMILES string of the molecule is CC.Cc1ncnc2c1cnn2-c1ccccc1. The molecule has 0 bridgehead atoms. The van der Waals surface area contributed by atoms with Crippen LogP contribution in [0.25, 0.3) is 16.7 Å². The zero-order valence-corrected chi connectivity index (χ0v) is 10.8. The van der Waals surface area contributed by atoms with Crippen LogP contribution in [0.1, 0.15) is 19.5 Å². The molecule has 0 atom stereocenters. The molecule has 0 aliphatic carbocycles. The van der Waals surface area contributed by atoms with E-state index >= 15 is 0 Å². The molecule has 0 fully saturated rings. The standard InChI is InChI=1S/C12H10N4.C2H6/c1-9-11-7-15-16(12(11)14-8-13-9)10-5-3-2-4-6-10;1-2/h2-8H,1H3;1-2H3. The summed E-state index contributed by atoms with van der Waals surface area (Å²) in [5.41, 5.74) is 2.81. The van der Waals surface area contributed by atoms with Crippen LogP contribution in [0.5, 0.6) is 0 Å². The molecule has 0 aliphatic heterocycles. The number of aryl methyl sites for hydroxylation is 1. The lowest BCUT2D eigenvalue weighted by Gasteiger charge is -2.01. The first-order chi connectivity index (χ1) is 8.86. The fourth-order valence-corrected chi connectivity index (χ4v) is 1.72. The first-order valence-electron chi connectivity index (χ1n) is 6.07. The largest absolute Gasteiger partial charge is 0.241 e. The second kappa shape index (κ2) is 5.40. The highest BCUT2D eigenvalue weighted by molar-refractivity contribution is 5.78. The van der Waals surface area contributed by atoms with E-state index in [-0.39, 0.29) is 0 Å². The Hall–Kier alpha value is -2.23. The lowest BCUT2D eigenvalue weighted by Crippen LogP contribution is -1.97. The minimum atomic E-state index is 0.846. The fourth-order valence-electron chi connectivity index (χ4n) is 1.72. The highest BCUT2D eigenvalue weighted by atomic mass is 15.3. The lowest BCUT2D eigenvalue weighted by molar-refractivity contribution is 0.894. The third kappa shape index (κ3) is 2.09. The van der Waals surface area contributed by atoms with Crippen LogP contribution in [-0.4, -0.2) is 19.7 Å². The maximum atomic E-state index is 4.34. The van der Waals surface area contributed by atoms with Crippen molar-refractivity contribution in [2.45, 2.75) is 20.8 Å². The van der Waals surface area contributed by atoms with Crippen molar-refractivity contribution >= 4 is 11.0 Å². The molecule has 3 rings (SSSR count). The van der Waals surface area contributed by atoms with Gasteiger partial charge in [-0.15, -0.1) is 0 Å². The average molecular weight is 240 g/mol. The first kappa shape index (κ1) is 12.2. The molecular weight excluding hydrogens is 224 g/mol. The van der Waals surface area contributed by atoms with Crippen LogP contribution in [-0.2, 0) is 0 Å². The Balaban J connectivity index is 0.000000574. The summed E-state index contributed by atoms with van der Waals surface area (Å²) in [7, 11) is 0.